The van der Waals surface area contributed by atoms with Crippen molar-refractivity contribution in [3.05, 3.63) is 70.8 Å². The number of carbonyl (C=O) groups is 2. The van der Waals surface area contributed by atoms with Gasteiger partial charge in [-0.15, -0.1) is 0 Å². The Labute approximate surface area is 171 Å². The SMILES string of the molecule is C[C@@H]1N[C@H]2N(C1=O)c1ccccc1[C@]21CC(n2cnc3ccccc3c2=O)C(=O)O1. The Kier molecular flexibility index (Phi) is 3.33. The summed E-state index contributed by atoms with van der Waals surface area (Å²) in [5, 5.41) is 3.73. The fourth-order valence-electron chi connectivity index (χ4n) is 5.02. The van der Waals surface area contributed by atoms with Gasteiger partial charge in [0.25, 0.3) is 5.56 Å². The van der Waals surface area contributed by atoms with Gasteiger partial charge in [-0.2, -0.15) is 0 Å². The monoisotopic (exact) mass is 402 g/mol. The lowest BCUT2D eigenvalue weighted by molar-refractivity contribution is -0.152. The molecule has 8 nitrogen and oxygen atoms in total. The zero-order valence-electron chi connectivity index (χ0n) is 16.1. The smallest absolute Gasteiger partial charge is 0.330 e. The number of ether oxygens (including phenoxy) is 1. The predicted molar refractivity (Wildman–Crippen MR) is 108 cm³/mol. The maximum absolute atomic E-state index is 13.1. The highest BCUT2D eigenvalue weighted by molar-refractivity contribution is 6.03. The molecule has 8 heteroatoms. The largest absolute Gasteiger partial charge is 0.449 e. The van der Waals surface area contributed by atoms with Crippen LogP contribution >= 0.6 is 0 Å². The van der Waals surface area contributed by atoms with Gasteiger partial charge in [-0.1, -0.05) is 30.3 Å². The molecule has 150 valence electrons. The average Bonchev–Trinajstić information content (AvgIpc) is 3.34. The Bertz CT molecular complexity index is 1300. The van der Waals surface area contributed by atoms with Gasteiger partial charge in [-0.05, 0) is 25.1 Å². The van der Waals surface area contributed by atoms with E-state index in [1.165, 1.54) is 10.9 Å². The van der Waals surface area contributed by atoms with Crippen LogP contribution in [0.3, 0.4) is 0 Å². The van der Waals surface area contributed by atoms with Gasteiger partial charge in [0.2, 0.25) is 5.91 Å². The molecule has 1 aromatic heterocycles. The molecule has 3 aliphatic heterocycles. The molecule has 0 saturated carbocycles. The van der Waals surface area contributed by atoms with Crippen molar-refractivity contribution in [3.63, 3.8) is 0 Å². The molecule has 0 radical (unpaired) electrons. The molecule has 4 atom stereocenters. The summed E-state index contributed by atoms with van der Waals surface area (Å²) in [5.41, 5.74) is 0.756. The number of hydrogen-bond donors (Lipinski definition) is 1. The molecule has 1 amide bonds. The van der Waals surface area contributed by atoms with Crippen LogP contribution in [0.25, 0.3) is 10.9 Å². The van der Waals surface area contributed by atoms with Gasteiger partial charge in [0.05, 0.1) is 29.0 Å². The molecule has 3 aromatic rings. The van der Waals surface area contributed by atoms with E-state index in [1.807, 2.05) is 30.3 Å². The summed E-state index contributed by atoms with van der Waals surface area (Å²) in [7, 11) is 0. The van der Waals surface area contributed by atoms with Crippen molar-refractivity contribution < 1.29 is 14.3 Å². The molecule has 4 heterocycles. The van der Waals surface area contributed by atoms with Crippen LogP contribution in [0, 0.1) is 0 Å². The quantitative estimate of drug-likeness (QED) is 0.619. The zero-order chi connectivity index (χ0) is 20.6. The lowest BCUT2D eigenvalue weighted by atomic mass is 9.88. The Morgan fingerprint density at radius 1 is 1.10 bits per heavy atom. The summed E-state index contributed by atoms with van der Waals surface area (Å²) >= 11 is 0. The highest BCUT2D eigenvalue weighted by Gasteiger charge is 2.64. The number of benzene rings is 2. The lowest BCUT2D eigenvalue weighted by Gasteiger charge is -2.30. The van der Waals surface area contributed by atoms with Gasteiger partial charge in [0.1, 0.15) is 12.2 Å². The standard InChI is InChI=1S/C22H18N4O4/c1-12-18(27)26-16-9-5-3-7-14(16)22(21(26)24-12)10-17(20(29)30-22)25-11-23-15-8-4-2-6-13(15)19(25)28/h2-9,11-12,17,21,24H,10H2,1H3/t12-,17?,21-,22+/m0/s1. The first-order valence-corrected chi connectivity index (χ1v) is 9.89. The van der Waals surface area contributed by atoms with E-state index in [2.05, 4.69) is 10.3 Å². The Hall–Kier alpha value is -3.52. The minimum Gasteiger partial charge on any atom is -0.449 e. The molecule has 1 spiro atoms. The summed E-state index contributed by atoms with van der Waals surface area (Å²) in [5.74, 6) is -0.562. The third-order valence-electron chi connectivity index (χ3n) is 6.41. The number of nitrogens with one attached hydrogen (secondary N) is 1. The minimum absolute atomic E-state index is 0.0617. The van der Waals surface area contributed by atoms with Crippen LogP contribution in [0.5, 0.6) is 0 Å². The van der Waals surface area contributed by atoms with Crippen LogP contribution in [0.2, 0.25) is 0 Å². The molecule has 0 bridgehead atoms. The summed E-state index contributed by atoms with van der Waals surface area (Å²) in [4.78, 5) is 44.9. The Balaban J connectivity index is 1.49. The fourth-order valence-corrected chi connectivity index (χ4v) is 5.02. The molecule has 2 saturated heterocycles. The number of anilines is 1. The topological polar surface area (TPSA) is 93.5 Å². The van der Waals surface area contributed by atoms with E-state index in [9.17, 15) is 14.4 Å². The molecule has 1 unspecified atom stereocenters. The summed E-state index contributed by atoms with van der Waals surface area (Å²) in [6, 6.07) is 13.3. The highest BCUT2D eigenvalue weighted by atomic mass is 16.6. The van der Waals surface area contributed by atoms with E-state index in [0.29, 0.717) is 10.9 Å². The molecule has 2 aromatic carbocycles. The molecular weight excluding hydrogens is 384 g/mol. The van der Waals surface area contributed by atoms with E-state index < -0.39 is 23.8 Å². The van der Waals surface area contributed by atoms with E-state index in [0.717, 1.165) is 11.3 Å². The van der Waals surface area contributed by atoms with Gasteiger partial charge in [-0.25, -0.2) is 9.78 Å². The number of aromatic nitrogens is 2. The zero-order valence-corrected chi connectivity index (χ0v) is 16.1. The van der Waals surface area contributed by atoms with Crippen molar-refractivity contribution in [3.8, 4) is 0 Å². The van der Waals surface area contributed by atoms with E-state index in [-0.39, 0.29) is 23.9 Å². The van der Waals surface area contributed by atoms with E-state index in [4.69, 9.17) is 4.74 Å². The molecule has 2 fully saturated rings. The second-order valence-electron chi connectivity index (χ2n) is 8.02. The number of amides is 1. The first-order chi connectivity index (χ1) is 14.5. The van der Waals surface area contributed by atoms with Crippen molar-refractivity contribution >= 4 is 28.5 Å². The van der Waals surface area contributed by atoms with Crippen LogP contribution in [-0.4, -0.2) is 33.6 Å². The summed E-state index contributed by atoms with van der Waals surface area (Å²) in [6.45, 7) is 1.79. The minimum atomic E-state index is -1.05. The van der Waals surface area contributed by atoms with Crippen LogP contribution in [0.1, 0.15) is 24.9 Å². The van der Waals surface area contributed by atoms with Crippen molar-refractivity contribution in [1.82, 2.24) is 14.9 Å². The molecular formula is C22H18N4O4. The van der Waals surface area contributed by atoms with Gasteiger partial charge < -0.3 is 4.74 Å². The molecule has 6 rings (SSSR count). The predicted octanol–water partition coefficient (Wildman–Crippen LogP) is 1.44. The van der Waals surface area contributed by atoms with Crippen molar-refractivity contribution in [2.24, 2.45) is 0 Å². The first-order valence-electron chi connectivity index (χ1n) is 9.89. The second kappa shape index (κ2) is 5.76. The third-order valence-corrected chi connectivity index (χ3v) is 6.41. The number of fused-ring (bicyclic) bond motifs is 6. The number of nitrogens with zero attached hydrogens (tertiary/aromatic N) is 3. The van der Waals surface area contributed by atoms with Crippen LogP contribution in [0.4, 0.5) is 5.69 Å². The maximum Gasteiger partial charge on any atom is 0.330 e. The van der Waals surface area contributed by atoms with Crippen molar-refractivity contribution in [2.45, 2.75) is 37.2 Å². The van der Waals surface area contributed by atoms with Crippen LogP contribution in [0.15, 0.2) is 59.7 Å². The average molecular weight is 402 g/mol. The maximum atomic E-state index is 13.1. The molecule has 0 aliphatic carbocycles. The Morgan fingerprint density at radius 3 is 2.73 bits per heavy atom. The second-order valence-corrected chi connectivity index (χ2v) is 8.02. The third kappa shape index (κ3) is 2.03. The van der Waals surface area contributed by atoms with E-state index in [1.54, 1.807) is 30.0 Å². The van der Waals surface area contributed by atoms with Crippen molar-refractivity contribution in [1.29, 1.82) is 0 Å². The molecule has 30 heavy (non-hydrogen) atoms. The van der Waals surface area contributed by atoms with Gasteiger partial charge in [0.15, 0.2) is 5.60 Å². The normalized spacial score (nSPS) is 29.5. The number of hydrogen-bond acceptors (Lipinski definition) is 6. The highest BCUT2D eigenvalue weighted by Crippen LogP contribution is 2.54. The molecule has 3 aliphatic rings. The van der Waals surface area contributed by atoms with Crippen LogP contribution < -0.4 is 15.8 Å². The number of carbonyl (C=O) groups excluding carboxylic acids is 2. The van der Waals surface area contributed by atoms with E-state index >= 15 is 0 Å². The lowest BCUT2D eigenvalue weighted by Crippen LogP contribution is -2.49. The number of rotatable bonds is 1. The summed E-state index contributed by atoms with van der Waals surface area (Å²) < 4.78 is 7.35. The number of esters is 1. The summed E-state index contributed by atoms with van der Waals surface area (Å²) in [6.07, 6.45) is 1.14. The fraction of sp³-hybridized carbons (Fsp3) is 0.273. The van der Waals surface area contributed by atoms with Crippen LogP contribution in [-0.2, 0) is 19.9 Å². The van der Waals surface area contributed by atoms with Gasteiger partial charge >= 0.3 is 5.97 Å². The molecule has 1 N–H and O–H groups in total. The van der Waals surface area contributed by atoms with Crippen molar-refractivity contribution in [2.75, 3.05) is 4.90 Å². The van der Waals surface area contributed by atoms with Gasteiger partial charge in [0, 0.05) is 12.0 Å². The first kappa shape index (κ1) is 17.3. The Morgan fingerprint density at radius 2 is 1.87 bits per heavy atom. The van der Waals surface area contributed by atoms with Gasteiger partial charge in [-0.3, -0.25) is 24.4 Å². The number of para-hydroxylation sites is 2.